The third-order valence-corrected chi connectivity index (χ3v) is 3.83. The summed E-state index contributed by atoms with van der Waals surface area (Å²) in [5.74, 6) is 2.63. The minimum atomic E-state index is 0.267. The van der Waals surface area contributed by atoms with E-state index in [4.69, 9.17) is 4.52 Å². The largest absolute Gasteiger partial charge is 0.354 e. The second-order valence-corrected chi connectivity index (χ2v) is 5.95. The number of piperidine rings is 1. The summed E-state index contributed by atoms with van der Waals surface area (Å²) in [6.07, 6.45) is 3.98. The van der Waals surface area contributed by atoms with Crippen LogP contribution in [0.25, 0.3) is 0 Å². The molecular formula is C15H22N6O. The van der Waals surface area contributed by atoms with Crippen LogP contribution in [0.5, 0.6) is 0 Å². The van der Waals surface area contributed by atoms with E-state index in [2.05, 4.69) is 30.6 Å². The van der Waals surface area contributed by atoms with Crippen molar-refractivity contribution in [1.29, 1.82) is 0 Å². The maximum atomic E-state index is 5.23. The van der Waals surface area contributed by atoms with Crippen LogP contribution in [-0.4, -0.2) is 39.5 Å². The summed E-state index contributed by atoms with van der Waals surface area (Å²) in [4.78, 5) is 6.66. The fourth-order valence-corrected chi connectivity index (χ4v) is 2.62. The molecule has 3 rings (SSSR count). The topological polar surface area (TPSA) is 80.0 Å². The molecular weight excluding hydrogens is 280 g/mol. The van der Waals surface area contributed by atoms with Gasteiger partial charge in [-0.1, -0.05) is 19.0 Å². The Morgan fingerprint density at radius 1 is 1.45 bits per heavy atom. The van der Waals surface area contributed by atoms with Gasteiger partial charge in [0.25, 0.3) is 0 Å². The summed E-state index contributed by atoms with van der Waals surface area (Å²) in [7, 11) is 0. The van der Waals surface area contributed by atoms with Gasteiger partial charge in [-0.25, -0.2) is 0 Å². The number of anilines is 1. The lowest BCUT2D eigenvalue weighted by Crippen LogP contribution is -2.46. The fraction of sp³-hybridized carbons (Fsp3) is 0.600. The predicted molar refractivity (Wildman–Crippen MR) is 82.5 cm³/mol. The van der Waals surface area contributed by atoms with Crippen molar-refractivity contribution in [2.75, 3.05) is 18.0 Å². The molecule has 0 amide bonds. The lowest BCUT2D eigenvalue weighted by Gasteiger charge is -2.33. The first-order valence-electron chi connectivity index (χ1n) is 7.81. The van der Waals surface area contributed by atoms with Crippen LogP contribution in [0.4, 0.5) is 5.82 Å². The Kier molecular flexibility index (Phi) is 4.62. The molecule has 1 fully saturated rings. The minimum Gasteiger partial charge on any atom is -0.354 e. The van der Waals surface area contributed by atoms with Gasteiger partial charge in [-0.05, 0) is 25.0 Å². The average molecular weight is 302 g/mol. The highest BCUT2D eigenvalue weighted by molar-refractivity contribution is 5.37. The van der Waals surface area contributed by atoms with Gasteiger partial charge in [0.2, 0.25) is 5.89 Å². The predicted octanol–water partition coefficient (Wildman–Crippen LogP) is 1.74. The Balaban J connectivity index is 1.54. The van der Waals surface area contributed by atoms with Crippen LogP contribution in [0, 0.1) is 0 Å². The zero-order valence-corrected chi connectivity index (χ0v) is 13.1. The van der Waals surface area contributed by atoms with Crippen LogP contribution < -0.4 is 10.2 Å². The molecule has 118 valence electrons. The Morgan fingerprint density at radius 2 is 2.36 bits per heavy atom. The van der Waals surface area contributed by atoms with E-state index in [0.29, 0.717) is 18.5 Å². The molecule has 2 aromatic heterocycles. The van der Waals surface area contributed by atoms with Crippen molar-refractivity contribution in [3.8, 4) is 0 Å². The van der Waals surface area contributed by atoms with E-state index in [0.717, 1.165) is 37.6 Å². The second kappa shape index (κ2) is 6.83. The highest BCUT2D eigenvalue weighted by atomic mass is 16.5. The molecule has 0 saturated carbocycles. The monoisotopic (exact) mass is 302 g/mol. The first-order valence-corrected chi connectivity index (χ1v) is 7.81. The summed E-state index contributed by atoms with van der Waals surface area (Å²) in [5.41, 5.74) is 0. The molecule has 1 atom stereocenters. The fourth-order valence-electron chi connectivity index (χ4n) is 2.62. The maximum Gasteiger partial charge on any atom is 0.229 e. The molecule has 0 spiro atoms. The van der Waals surface area contributed by atoms with Crippen LogP contribution in [-0.2, 0) is 6.54 Å². The number of rotatable bonds is 5. The molecule has 0 bridgehead atoms. The van der Waals surface area contributed by atoms with Crippen molar-refractivity contribution in [3.63, 3.8) is 0 Å². The highest BCUT2D eigenvalue weighted by Crippen LogP contribution is 2.17. The van der Waals surface area contributed by atoms with Gasteiger partial charge in [-0.15, -0.1) is 5.10 Å². The summed E-state index contributed by atoms with van der Waals surface area (Å²) in [6.45, 7) is 6.68. The van der Waals surface area contributed by atoms with Gasteiger partial charge in [-0.3, -0.25) is 0 Å². The van der Waals surface area contributed by atoms with Crippen molar-refractivity contribution in [3.05, 3.63) is 30.0 Å². The number of hydrogen-bond acceptors (Lipinski definition) is 7. The molecule has 3 heterocycles. The quantitative estimate of drug-likeness (QED) is 0.901. The van der Waals surface area contributed by atoms with Gasteiger partial charge in [0, 0.05) is 31.2 Å². The Bertz CT molecular complexity index is 585. The van der Waals surface area contributed by atoms with Gasteiger partial charge in [0.05, 0.1) is 6.54 Å². The zero-order chi connectivity index (χ0) is 15.4. The first kappa shape index (κ1) is 14.9. The third kappa shape index (κ3) is 3.59. The minimum absolute atomic E-state index is 0.267. The Labute approximate surface area is 130 Å². The third-order valence-electron chi connectivity index (χ3n) is 3.83. The van der Waals surface area contributed by atoms with Gasteiger partial charge < -0.3 is 14.7 Å². The molecule has 1 saturated heterocycles. The Hall–Kier alpha value is -2.02. The zero-order valence-electron chi connectivity index (χ0n) is 13.1. The number of nitrogens with one attached hydrogen (secondary N) is 1. The number of aromatic nitrogens is 4. The molecule has 22 heavy (non-hydrogen) atoms. The molecule has 7 nitrogen and oxygen atoms in total. The lowest BCUT2D eigenvalue weighted by atomic mass is 10.1. The van der Waals surface area contributed by atoms with Crippen molar-refractivity contribution < 1.29 is 4.52 Å². The van der Waals surface area contributed by atoms with Crippen molar-refractivity contribution in [1.82, 2.24) is 25.7 Å². The highest BCUT2D eigenvalue weighted by Gasteiger charge is 2.21. The Morgan fingerprint density at radius 3 is 3.09 bits per heavy atom. The summed E-state index contributed by atoms with van der Waals surface area (Å²) >= 11 is 0. The average Bonchev–Trinajstić information content (AvgIpc) is 3.03. The van der Waals surface area contributed by atoms with E-state index >= 15 is 0 Å². The summed E-state index contributed by atoms with van der Waals surface area (Å²) < 4.78 is 5.23. The van der Waals surface area contributed by atoms with E-state index < -0.39 is 0 Å². The molecule has 1 aliphatic rings. The molecule has 1 N–H and O–H groups in total. The van der Waals surface area contributed by atoms with Crippen LogP contribution >= 0.6 is 0 Å². The molecule has 0 aromatic carbocycles. The standard InChI is InChI=1S/C15H22N6O/c1-11(2)15-18-13(20-22-15)9-16-12-5-4-8-21(10-12)14-6-3-7-17-19-14/h3,6-7,11-12,16H,4-5,8-10H2,1-2H3/t12-/m1/s1. The smallest absolute Gasteiger partial charge is 0.229 e. The molecule has 2 aromatic rings. The van der Waals surface area contributed by atoms with Crippen molar-refractivity contribution in [2.24, 2.45) is 0 Å². The van der Waals surface area contributed by atoms with Crippen LogP contribution in [0.1, 0.15) is 44.3 Å². The van der Waals surface area contributed by atoms with E-state index in [1.165, 1.54) is 0 Å². The lowest BCUT2D eigenvalue weighted by molar-refractivity contribution is 0.355. The van der Waals surface area contributed by atoms with Crippen LogP contribution in [0.3, 0.4) is 0 Å². The van der Waals surface area contributed by atoms with Crippen LogP contribution in [0.15, 0.2) is 22.9 Å². The van der Waals surface area contributed by atoms with Gasteiger partial charge in [0.1, 0.15) is 0 Å². The van der Waals surface area contributed by atoms with E-state index in [9.17, 15) is 0 Å². The van der Waals surface area contributed by atoms with Gasteiger partial charge >= 0.3 is 0 Å². The van der Waals surface area contributed by atoms with Crippen molar-refractivity contribution >= 4 is 5.82 Å². The molecule has 0 radical (unpaired) electrons. The van der Waals surface area contributed by atoms with E-state index in [-0.39, 0.29) is 5.92 Å². The molecule has 1 aliphatic heterocycles. The van der Waals surface area contributed by atoms with E-state index in [1.54, 1.807) is 6.20 Å². The summed E-state index contributed by atoms with van der Waals surface area (Å²) in [5, 5.41) is 15.7. The number of hydrogen-bond donors (Lipinski definition) is 1. The SMILES string of the molecule is CC(C)c1nc(CN[C@@H]2CCCN(c3cccnn3)C2)no1. The van der Waals surface area contributed by atoms with Crippen molar-refractivity contribution in [2.45, 2.75) is 45.2 Å². The molecule has 0 unspecified atom stereocenters. The second-order valence-electron chi connectivity index (χ2n) is 5.95. The number of nitrogens with zero attached hydrogens (tertiary/aromatic N) is 5. The first-order chi connectivity index (χ1) is 10.7. The van der Waals surface area contributed by atoms with E-state index in [1.807, 2.05) is 26.0 Å². The van der Waals surface area contributed by atoms with Gasteiger partial charge in [-0.2, -0.15) is 10.1 Å². The molecule has 7 heteroatoms. The normalized spacial score (nSPS) is 18.9. The van der Waals surface area contributed by atoms with Crippen LogP contribution in [0.2, 0.25) is 0 Å². The molecule has 0 aliphatic carbocycles. The maximum absolute atomic E-state index is 5.23. The van der Waals surface area contributed by atoms with Gasteiger partial charge in [0.15, 0.2) is 11.6 Å². The summed E-state index contributed by atoms with van der Waals surface area (Å²) in [6, 6.07) is 4.33.